The molecule has 2 fully saturated rings. The van der Waals surface area contributed by atoms with Crippen LogP contribution in [0.1, 0.15) is 56.0 Å². The van der Waals surface area contributed by atoms with Crippen molar-refractivity contribution in [3.8, 4) is 0 Å². The van der Waals surface area contributed by atoms with Crippen LogP contribution in [0.4, 0.5) is 0 Å². The number of thioether (sulfide) groups is 1. The molecule has 5 heteroatoms. The minimum absolute atomic E-state index is 0.0762. The number of hydrogen-bond donors (Lipinski definition) is 1. The van der Waals surface area contributed by atoms with Crippen LogP contribution in [0.5, 0.6) is 0 Å². The van der Waals surface area contributed by atoms with Crippen molar-refractivity contribution in [1.82, 2.24) is 15.5 Å². The summed E-state index contributed by atoms with van der Waals surface area (Å²) < 4.78 is 5.60. The molecule has 18 heavy (non-hydrogen) atoms. The van der Waals surface area contributed by atoms with Gasteiger partial charge in [0.25, 0.3) is 0 Å². The van der Waals surface area contributed by atoms with Crippen molar-refractivity contribution in [1.29, 1.82) is 0 Å². The van der Waals surface area contributed by atoms with E-state index in [-0.39, 0.29) is 5.41 Å². The van der Waals surface area contributed by atoms with Gasteiger partial charge in [-0.25, -0.2) is 0 Å². The monoisotopic (exact) mass is 267 g/mol. The summed E-state index contributed by atoms with van der Waals surface area (Å²) in [4.78, 5) is 4.72. The van der Waals surface area contributed by atoms with E-state index in [9.17, 15) is 0 Å². The Hall–Kier alpha value is -0.550. The topological polar surface area (TPSA) is 51.0 Å². The van der Waals surface area contributed by atoms with Crippen LogP contribution in [0.15, 0.2) is 4.52 Å². The Labute approximate surface area is 112 Å². The fraction of sp³-hybridized carbons (Fsp3) is 0.846. The van der Waals surface area contributed by atoms with Crippen LogP contribution in [-0.4, -0.2) is 29.0 Å². The fourth-order valence-corrected chi connectivity index (χ4v) is 4.16. The number of nitrogens with one attached hydrogen (secondary N) is 1. The second-order valence-corrected chi connectivity index (χ2v) is 6.68. The zero-order valence-electron chi connectivity index (χ0n) is 10.9. The zero-order valence-corrected chi connectivity index (χ0v) is 11.8. The van der Waals surface area contributed by atoms with Crippen LogP contribution in [0.25, 0.3) is 0 Å². The van der Waals surface area contributed by atoms with Crippen LogP contribution in [0, 0.1) is 0 Å². The van der Waals surface area contributed by atoms with Crippen molar-refractivity contribution in [2.45, 2.75) is 49.7 Å². The number of aromatic nitrogens is 2. The number of nitrogens with zero attached hydrogens (tertiary/aromatic N) is 2. The smallest absolute Gasteiger partial charge is 0.234 e. The molecule has 3 rings (SSSR count). The summed E-state index contributed by atoms with van der Waals surface area (Å²) in [6.07, 6.45) is 5.90. The molecule has 0 aromatic carbocycles. The van der Waals surface area contributed by atoms with Crippen LogP contribution in [-0.2, 0) is 5.41 Å². The molecule has 0 aliphatic carbocycles. The van der Waals surface area contributed by atoms with Crippen LogP contribution in [0.3, 0.4) is 0 Å². The Morgan fingerprint density at radius 1 is 1.50 bits per heavy atom. The third-order valence-electron chi connectivity index (χ3n) is 4.26. The first-order chi connectivity index (χ1) is 8.84. The molecule has 3 heterocycles. The maximum Gasteiger partial charge on any atom is 0.234 e. The average molecular weight is 267 g/mol. The Balaban J connectivity index is 1.82. The highest BCUT2D eigenvalue weighted by Gasteiger charge is 2.38. The van der Waals surface area contributed by atoms with Gasteiger partial charge in [0.2, 0.25) is 5.89 Å². The van der Waals surface area contributed by atoms with E-state index in [1.54, 1.807) is 0 Å². The maximum atomic E-state index is 5.60. The van der Waals surface area contributed by atoms with Gasteiger partial charge in [0.05, 0.1) is 10.7 Å². The largest absolute Gasteiger partial charge is 0.339 e. The highest BCUT2D eigenvalue weighted by Crippen LogP contribution is 2.40. The lowest BCUT2D eigenvalue weighted by Crippen LogP contribution is -2.43. The molecule has 1 aromatic heterocycles. The molecule has 2 atom stereocenters. The second kappa shape index (κ2) is 5.21. The predicted octanol–water partition coefficient (Wildman–Crippen LogP) is 2.67. The van der Waals surface area contributed by atoms with Gasteiger partial charge >= 0.3 is 0 Å². The molecule has 4 nitrogen and oxygen atoms in total. The van der Waals surface area contributed by atoms with Gasteiger partial charge in [0, 0.05) is 6.54 Å². The molecule has 1 N–H and O–H groups in total. The summed E-state index contributed by atoms with van der Waals surface area (Å²) in [6, 6.07) is 0. The molecule has 0 saturated carbocycles. The standard InChI is InChI=1S/C13H21N3OS/c1-2-13(6-4-7-14-9-13)12-15-11(16-17-12)10-5-3-8-18-10/h10,14H,2-9H2,1H3. The van der Waals surface area contributed by atoms with Gasteiger partial charge in [-0.15, -0.1) is 0 Å². The molecule has 2 saturated heterocycles. The Bertz CT molecular complexity index is 395. The van der Waals surface area contributed by atoms with Gasteiger partial charge in [-0.05, 0) is 44.4 Å². The normalized spacial score (nSPS) is 32.8. The lowest BCUT2D eigenvalue weighted by atomic mass is 9.78. The second-order valence-electron chi connectivity index (χ2n) is 5.37. The molecule has 0 spiro atoms. The van der Waals surface area contributed by atoms with E-state index in [0.717, 1.165) is 37.6 Å². The average Bonchev–Trinajstić information content (AvgIpc) is 3.10. The van der Waals surface area contributed by atoms with E-state index < -0.39 is 0 Å². The van der Waals surface area contributed by atoms with Gasteiger partial charge < -0.3 is 9.84 Å². The summed E-state index contributed by atoms with van der Waals surface area (Å²) in [5.41, 5.74) is 0.0762. The first kappa shape index (κ1) is 12.5. The third kappa shape index (κ3) is 2.18. The first-order valence-electron chi connectivity index (χ1n) is 7.00. The van der Waals surface area contributed by atoms with E-state index in [1.807, 2.05) is 11.8 Å². The Kier molecular flexibility index (Phi) is 3.61. The van der Waals surface area contributed by atoms with E-state index in [1.165, 1.54) is 25.0 Å². The van der Waals surface area contributed by atoms with Gasteiger partial charge in [0.15, 0.2) is 5.82 Å². The van der Waals surface area contributed by atoms with Gasteiger partial charge in [0.1, 0.15) is 0 Å². The first-order valence-corrected chi connectivity index (χ1v) is 8.05. The molecule has 100 valence electrons. The SMILES string of the molecule is CCC1(c2nc(C3CCCS3)no2)CCCNC1. The van der Waals surface area contributed by atoms with Crippen molar-refractivity contribution in [2.24, 2.45) is 0 Å². The van der Waals surface area contributed by atoms with Crippen molar-refractivity contribution >= 4 is 11.8 Å². The van der Waals surface area contributed by atoms with Crippen molar-refractivity contribution < 1.29 is 4.52 Å². The van der Waals surface area contributed by atoms with Crippen molar-refractivity contribution in [2.75, 3.05) is 18.8 Å². The summed E-state index contributed by atoms with van der Waals surface area (Å²) in [5, 5.41) is 8.17. The Morgan fingerprint density at radius 2 is 2.44 bits per heavy atom. The summed E-state index contributed by atoms with van der Waals surface area (Å²) in [7, 11) is 0. The molecular formula is C13H21N3OS. The quantitative estimate of drug-likeness (QED) is 0.912. The summed E-state index contributed by atoms with van der Waals surface area (Å²) >= 11 is 1.96. The molecule has 2 aliphatic rings. The number of piperidine rings is 1. The molecule has 0 bridgehead atoms. The van der Waals surface area contributed by atoms with Gasteiger partial charge in [-0.1, -0.05) is 12.1 Å². The number of rotatable bonds is 3. The molecule has 0 amide bonds. The number of hydrogen-bond acceptors (Lipinski definition) is 5. The molecular weight excluding hydrogens is 246 g/mol. The van der Waals surface area contributed by atoms with E-state index >= 15 is 0 Å². The predicted molar refractivity (Wildman–Crippen MR) is 72.8 cm³/mol. The molecule has 2 unspecified atom stereocenters. The van der Waals surface area contributed by atoms with E-state index in [0.29, 0.717) is 5.25 Å². The highest BCUT2D eigenvalue weighted by molar-refractivity contribution is 7.99. The molecule has 1 aromatic rings. The minimum Gasteiger partial charge on any atom is -0.339 e. The summed E-state index contributed by atoms with van der Waals surface area (Å²) in [5.74, 6) is 3.01. The highest BCUT2D eigenvalue weighted by atomic mass is 32.2. The fourth-order valence-electron chi connectivity index (χ4n) is 2.97. The van der Waals surface area contributed by atoms with Gasteiger partial charge in [-0.2, -0.15) is 16.7 Å². The van der Waals surface area contributed by atoms with Gasteiger partial charge in [-0.3, -0.25) is 0 Å². The van der Waals surface area contributed by atoms with Crippen LogP contribution >= 0.6 is 11.8 Å². The van der Waals surface area contributed by atoms with E-state index in [2.05, 4.69) is 17.4 Å². The maximum absolute atomic E-state index is 5.60. The zero-order chi connectivity index (χ0) is 12.4. The molecule has 0 radical (unpaired) electrons. The van der Waals surface area contributed by atoms with E-state index in [4.69, 9.17) is 9.51 Å². The Morgan fingerprint density at radius 3 is 3.11 bits per heavy atom. The van der Waals surface area contributed by atoms with Crippen LogP contribution in [0.2, 0.25) is 0 Å². The minimum atomic E-state index is 0.0762. The van der Waals surface area contributed by atoms with Crippen LogP contribution < -0.4 is 5.32 Å². The lowest BCUT2D eigenvalue weighted by Gasteiger charge is -2.33. The lowest BCUT2D eigenvalue weighted by molar-refractivity contribution is 0.220. The van der Waals surface area contributed by atoms with Crippen molar-refractivity contribution in [3.05, 3.63) is 11.7 Å². The molecule has 2 aliphatic heterocycles. The summed E-state index contributed by atoms with van der Waals surface area (Å²) in [6.45, 7) is 4.31. The van der Waals surface area contributed by atoms with Crippen molar-refractivity contribution in [3.63, 3.8) is 0 Å². The third-order valence-corrected chi connectivity index (χ3v) is 5.64.